The third kappa shape index (κ3) is 3.64. The Labute approximate surface area is 156 Å². The molecular formula is C19H21N5O3. The van der Waals surface area contributed by atoms with Crippen molar-refractivity contribution in [2.75, 3.05) is 43.5 Å². The predicted octanol–water partition coefficient (Wildman–Crippen LogP) is 2.89. The lowest BCUT2D eigenvalue weighted by atomic mass is 10.2. The zero-order valence-electron chi connectivity index (χ0n) is 15.3. The minimum atomic E-state index is -0.110. The fourth-order valence-electron chi connectivity index (χ4n) is 3.16. The van der Waals surface area contributed by atoms with Gasteiger partial charge in [0.05, 0.1) is 7.11 Å². The third-order valence-corrected chi connectivity index (χ3v) is 4.57. The van der Waals surface area contributed by atoms with Crippen LogP contribution in [0.4, 0.5) is 16.4 Å². The summed E-state index contributed by atoms with van der Waals surface area (Å²) >= 11 is 0. The van der Waals surface area contributed by atoms with Gasteiger partial charge in [0, 0.05) is 49.5 Å². The van der Waals surface area contributed by atoms with Crippen molar-refractivity contribution in [3.05, 3.63) is 42.3 Å². The molecule has 1 N–H and O–H groups in total. The van der Waals surface area contributed by atoms with Gasteiger partial charge in [-0.3, -0.25) is 0 Å². The van der Waals surface area contributed by atoms with Crippen LogP contribution in [0.3, 0.4) is 0 Å². The van der Waals surface area contributed by atoms with E-state index in [4.69, 9.17) is 9.15 Å². The van der Waals surface area contributed by atoms with E-state index in [0.29, 0.717) is 38.0 Å². The fraction of sp³-hybridized carbons (Fsp3) is 0.316. The number of nitrogens with zero attached hydrogens (tertiary/aromatic N) is 4. The molecule has 4 rings (SSSR count). The van der Waals surface area contributed by atoms with Crippen LogP contribution in [0.5, 0.6) is 5.88 Å². The Morgan fingerprint density at radius 1 is 1.19 bits per heavy atom. The maximum atomic E-state index is 12.6. The van der Waals surface area contributed by atoms with E-state index in [1.165, 1.54) is 0 Å². The molecule has 2 aromatic heterocycles. The Morgan fingerprint density at radius 2 is 2.00 bits per heavy atom. The first-order valence-electron chi connectivity index (χ1n) is 8.80. The smallest absolute Gasteiger partial charge is 0.321 e. The van der Waals surface area contributed by atoms with Gasteiger partial charge in [0.2, 0.25) is 11.8 Å². The average molecular weight is 367 g/mol. The van der Waals surface area contributed by atoms with Crippen LogP contribution in [0, 0.1) is 6.92 Å². The SMILES string of the molecule is COc1ccnc(N2CCN(C(=O)Nc3ccc4oc(C)cc4c3)CC2)n1. The predicted molar refractivity (Wildman–Crippen MR) is 102 cm³/mol. The summed E-state index contributed by atoms with van der Waals surface area (Å²) in [6, 6.07) is 9.20. The van der Waals surface area contributed by atoms with Crippen molar-refractivity contribution in [2.45, 2.75) is 6.92 Å². The Bertz CT molecular complexity index is 963. The number of hydrogen-bond donors (Lipinski definition) is 1. The summed E-state index contributed by atoms with van der Waals surface area (Å²) in [7, 11) is 1.58. The number of furan rings is 1. The number of piperazine rings is 1. The monoisotopic (exact) mass is 367 g/mol. The summed E-state index contributed by atoms with van der Waals surface area (Å²) < 4.78 is 10.7. The Kier molecular flexibility index (Phi) is 4.53. The van der Waals surface area contributed by atoms with Crippen LogP contribution >= 0.6 is 0 Å². The van der Waals surface area contributed by atoms with E-state index in [1.54, 1.807) is 24.3 Å². The van der Waals surface area contributed by atoms with Crippen LogP contribution in [-0.4, -0.2) is 54.2 Å². The topological polar surface area (TPSA) is 83.7 Å². The highest BCUT2D eigenvalue weighted by Crippen LogP contribution is 2.23. The van der Waals surface area contributed by atoms with Gasteiger partial charge in [-0.2, -0.15) is 4.98 Å². The van der Waals surface area contributed by atoms with Gasteiger partial charge in [0.25, 0.3) is 0 Å². The third-order valence-electron chi connectivity index (χ3n) is 4.57. The zero-order valence-corrected chi connectivity index (χ0v) is 15.3. The quantitative estimate of drug-likeness (QED) is 0.766. The number of fused-ring (bicyclic) bond motifs is 1. The van der Waals surface area contributed by atoms with Crippen LogP contribution < -0.4 is 15.0 Å². The number of amides is 2. The molecular weight excluding hydrogens is 346 g/mol. The molecule has 1 saturated heterocycles. The maximum Gasteiger partial charge on any atom is 0.321 e. The lowest BCUT2D eigenvalue weighted by molar-refractivity contribution is 0.208. The van der Waals surface area contributed by atoms with Gasteiger partial charge in [0.15, 0.2) is 0 Å². The number of hydrogen-bond acceptors (Lipinski definition) is 6. The molecule has 0 unspecified atom stereocenters. The average Bonchev–Trinajstić information content (AvgIpc) is 3.07. The van der Waals surface area contributed by atoms with E-state index in [9.17, 15) is 4.79 Å². The zero-order chi connectivity index (χ0) is 18.8. The number of anilines is 2. The number of aromatic nitrogens is 2. The number of benzene rings is 1. The second-order valence-electron chi connectivity index (χ2n) is 6.41. The minimum absolute atomic E-state index is 0.110. The van der Waals surface area contributed by atoms with Crippen molar-refractivity contribution in [3.63, 3.8) is 0 Å². The molecule has 8 heteroatoms. The largest absolute Gasteiger partial charge is 0.481 e. The number of carbonyl (C=O) groups excluding carboxylic acids is 1. The highest BCUT2D eigenvalue weighted by Gasteiger charge is 2.23. The normalized spacial score (nSPS) is 14.4. The molecule has 0 bridgehead atoms. The first-order valence-corrected chi connectivity index (χ1v) is 8.80. The number of nitrogens with one attached hydrogen (secondary N) is 1. The molecule has 3 heterocycles. The van der Waals surface area contributed by atoms with Crippen molar-refractivity contribution in [1.29, 1.82) is 0 Å². The number of carbonyl (C=O) groups is 1. The number of rotatable bonds is 3. The van der Waals surface area contributed by atoms with E-state index in [0.717, 1.165) is 22.4 Å². The second kappa shape index (κ2) is 7.14. The van der Waals surface area contributed by atoms with Gasteiger partial charge in [-0.15, -0.1) is 0 Å². The van der Waals surface area contributed by atoms with Gasteiger partial charge in [-0.1, -0.05) is 0 Å². The molecule has 8 nitrogen and oxygen atoms in total. The number of ether oxygens (including phenoxy) is 1. The highest BCUT2D eigenvalue weighted by atomic mass is 16.5. The van der Waals surface area contributed by atoms with Crippen molar-refractivity contribution in [1.82, 2.24) is 14.9 Å². The summed E-state index contributed by atoms with van der Waals surface area (Å²) in [5, 5.41) is 3.94. The molecule has 1 fully saturated rings. The molecule has 0 radical (unpaired) electrons. The molecule has 0 spiro atoms. The summed E-state index contributed by atoms with van der Waals surface area (Å²) in [5.41, 5.74) is 1.57. The van der Waals surface area contributed by atoms with Gasteiger partial charge < -0.3 is 24.3 Å². The number of urea groups is 1. The lowest BCUT2D eigenvalue weighted by Crippen LogP contribution is -2.50. The Balaban J connectivity index is 1.37. The van der Waals surface area contributed by atoms with Crippen LogP contribution in [-0.2, 0) is 0 Å². The number of aryl methyl sites for hydroxylation is 1. The van der Waals surface area contributed by atoms with Crippen LogP contribution in [0.2, 0.25) is 0 Å². The summed E-state index contributed by atoms with van der Waals surface area (Å²) in [6.45, 7) is 4.43. The Hall–Kier alpha value is -3.29. The molecule has 140 valence electrons. The standard InChI is InChI=1S/C19H21N5O3/c1-13-11-14-12-15(3-4-16(14)27-13)21-19(25)24-9-7-23(8-10-24)18-20-6-5-17(22-18)26-2/h3-6,11-12H,7-10H2,1-2H3,(H,21,25). The van der Waals surface area contributed by atoms with Crippen molar-refractivity contribution in [2.24, 2.45) is 0 Å². The number of methoxy groups -OCH3 is 1. The lowest BCUT2D eigenvalue weighted by Gasteiger charge is -2.34. The van der Waals surface area contributed by atoms with Gasteiger partial charge in [-0.25, -0.2) is 9.78 Å². The molecule has 2 amide bonds. The van der Waals surface area contributed by atoms with Crippen molar-refractivity contribution in [3.8, 4) is 5.88 Å². The Morgan fingerprint density at radius 3 is 2.78 bits per heavy atom. The van der Waals surface area contributed by atoms with E-state index in [1.807, 2.05) is 36.1 Å². The first kappa shape index (κ1) is 17.1. The minimum Gasteiger partial charge on any atom is -0.481 e. The molecule has 27 heavy (non-hydrogen) atoms. The molecule has 1 aliphatic heterocycles. The van der Waals surface area contributed by atoms with Gasteiger partial charge in [-0.05, 0) is 31.2 Å². The van der Waals surface area contributed by atoms with Crippen LogP contribution in [0.25, 0.3) is 11.0 Å². The van der Waals surface area contributed by atoms with Crippen molar-refractivity contribution < 1.29 is 13.9 Å². The van der Waals surface area contributed by atoms with Crippen LogP contribution in [0.1, 0.15) is 5.76 Å². The van der Waals surface area contributed by atoms with E-state index < -0.39 is 0 Å². The molecule has 3 aromatic rings. The van der Waals surface area contributed by atoms with E-state index in [-0.39, 0.29) is 6.03 Å². The van der Waals surface area contributed by atoms with Gasteiger partial charge in [0.1, 0.15) is 11.3 Å². The fourth-order valence-corrected chi connectivity index (χ4v) is 3.16. The van der Waals surface area contributed by atoms with Crippen LogP contribution in [0.15, 0.2) is 40.9 Å². The summed E-state index contributed by atoms with van der Waals surface area (Å²) in [6.07, 6.45) is 1.67. The van der Waals surface area contributed by atoms with E-state index >= 15 is 0 Å². The molecule has 0 aliphatic carbocycles. The summed E-state index contributed by atoms with van der Waals surface area (Å²) in [4.78, 5) is 25.0. The summed E-state index contributed by atoms with van der Waals surface area (Å²) in [5.74, 6) is 2.00. The highest BCUT2D eigenvalue weighted by molar-refractivity contribution is 5.92. The van der Waals surface area contributed by atoms with Crippen molar-refractivity contribution >= 4 is 28.6 Å². The molecule has 0 atom stereocenters. The second-order valence-corrected chi connectivity index (χ2v) is 6.41. The maximum absolute atomic E-state index is 12.6. The van der Waals surface area contributed by atoms with Gasteiger partial charge >= 0.3 is 6.03 Å². The molecule has 0 saturated carbocycles. The van der Waals surface area contributed by atoms with E-state index in [2.05, 4.69) is 15.3 Å². The molecule has 1 aromatic carbocycles. The molecule has 1 aliphatic rings. The first-order chi connectivity index (χ1) is 13.1.